The van der Waals surface area contributed by atoms with Crippen LogP contribution >= 0.6 is 0 Å². The molecule has 0 amide bonds. The lowest BCUT2D eigenvalue weighted by atomic mass is 9.84. The second-order valence-electron chi connectivity index (χ2n) is 8.02. The van der Waals surface area contributed by atoms with Crippen molar-refractivity contribution >= 4 is 0 Å². The van der Waals surface area contributed by atoms with Gasteiger partial charge in [-0.1, -0.05) is 0 Å². The van der Waals surface area contributed by atoms with Crippen LogP contribution < -0.4 is 0 Å². The fourth-order valence-corrected chi connectivity index (χ4v) is 3.95. The first-order valence-electron chi connectivity index (χ1n) is 9.79. The quantitative estimate of drug-likeness (QED) is 0.578. The summed E-state index contributed by atoms with van der Waals surface area (Å²) in [7, 11) is 0. The van der Waals surface area contributed by atoms with Crippen LogP contribution in [-0.2, 0) is 0 Å². The highest BCUT2D eigenvalue weighted by atomic mass is 15.1. The third-order valence-electron chi connectivity index (χ3n) is 6.62. The van der Waals surface area contributed by atoms with E-state index in [0.717, 1.165) is 22.8 Å². The number of aromatic nitrogens is 4. The van der Waals surface area contributed by atoms with Crippen molar-refractivity contribution in [3.05, 3.63) is 55.9 Å². The van der Waals surface area contributed by atoms with Crippen molar-refractivity contribution < 1.29 is 0 Å². The van der Waals surface area contributed by atoms with Crippen molar-refractivity contribution in [1.29, 1.82) is 0 Å². The molecule has 1 aromatic carbocycles. The predicted molar refractivity (Wildman–Crippen MR) is 116 cm³/mol. The smallest absolute Gasteiger partial charge is 0.0967 e. The van der Waals surface area contributed by atoms with Crippen LogP contribution in [0, 0.1) is 69.2 Å². The molecular formula is C24H30N4. The van der Waals surface area contributed by atoms with Gasteiger partial charge in [-0.2, -0.15) is 10.2 Å². The monoisotopic (exact) mass is 374 g/mol. The van der Waals surface area contributed by atoms with Gasteiger partial charge in [0.1, 0.15) is 0 Å². The molecule has 0 spiro atoms. The standard InChI is InChI=1S/C24H30N4/c1-11-17(7)23(27-25-19(11)9)21-13(3)15(5)22(16(6)14(21)4)24-18(8)12(2)20(10)26-28-24/h1-10H3. The van der Waals surface area contributed by atoms with Crippen LogP contribution in [0.15, 0.2) is 0 Å². The normalized spacial score (nSPS) is 11.2. The molecule has 0 saturated carbocycles. The van der Waals surface area contributed by atoms with Gasteiger partial charge in [0.25, 0.3) is 0 Å². The van der Waals surface area contributed by atoms with E-state index < -0.39 is 0 Å². The molecule has 0 radical (unpaired) electrons. The van der Waals surface area contributed by atoms with E-state index in [9.17, 15) is 0 Å². The molecule has 0 bridgehead atoms. The summed E-state index contributed by atoms with van der Waals surface area (Å²) in [6.45, 7) is 21.3. The number of hydrogen-bond acceptors (Lipinski definition) is 4. The van der Waals surface area contributed by atoms with Gasteiger partial charge in [0, 0.05) is 11.1 Å². The number of benzene rings is 1. The van der Waals surface area contributed by atoms with E-state index in [0.29, 0.717) is 0 Å². The third-order valence-corrected chi connectivity index (χ3v) is 6.62. The summed E-state index contributed by atoms with van der Waals surface area (Å²) < 4.78 is 0. The van der Waals surface area contributed by atoms with Gasteiger partial charge in [-0.25, -0.2) is 0 Å². The molecule has 3 rings (SSSR count). The summed E-state index contributed by atoms with van der Waals surface area (Å²) in [4.78, 5) is 0. The molecule has 28 heavy (non-hydrogen) atoms. The van der Waals surface area contributed by atoms with E-state index in [1.165, 1.54) is 55.6 Å². The lowest BCUT2D eigenvalue weighted by Gasteiger charge is -2.22. The minimum absolute atomic E-state index is 0.985. The third kappa shape index (κ3) is 2.92. The van der Waals surface area contributed by atoms with Crippen LogP contribution in [0.1, 0.15) is 55.9 Å². The number of rotatable bonds is 2. The van der Waals surface area contributed by atoms with Crippen molar-refractivity contribution in [3.8, 4) is 22.5 Å². The van der Waals surface area contributed by atoms with Crippen molar-refractivity contribution in [1.82, 2.24) is 20.4 Å². The molecule has 0 atom stereocenters. The topological polar surface area (TPSA) is 51.6 Å². The Labute approximate surface area is 168 Å². The van der Waals surface area contributed by atoms with Crippen LogP contribution in [-0.4, -0.2) is 20.4 Å². The van der Waals surface area contributed by atoms with Crippen LogP contribution in [0.5, 0.6) is 0 Å². The summed E-state index contributed by atoms with van der Waals surface area (Å²) in [5.41, 5.74) is 16.1. The highest BCUT2D eigenvalue weighted by molar-refractivity contribution is 5.82. The number of hydrogen-bond donors (Lipinski definition) is 0. The van der Waals surface area contributed by atoms with Gasteiger partial charge >= 0.3 is 0 Å². The Hall–Kier alpha value is -2.62. The summed E-state index contributed by atoms with van der Waals surface area (Å²) in [5, 5.41) is 18.0. The predicted octanol–water partition coefficient (Wildman–Crippen LogP) is 5.68. The highest BCUT2D eigenvalue weighted by Gasteiger charge is 2.22. The maximum absolute atomic E-state index is 4.58. The maximum Gasteiger partial charge on any atom is 0.0967 e. The second kappa shape index (κ2) is 7.08. The fourth-order valence-electron chi connectivity index (χ4n) is 3.95. The maximum atomic E-state index is 4.58. The first-order valence-corrected chi connectivity index (χ1v) is 9.79. The van der Waals surface area contributed by atoms with E-state index in [2.05, 4.69) is 75.8 Å². The summed E-state index contributed by atoms with van der Waals surface area (Å²) in [6, 6.07) is 0. The van der Waals surface area contributed by atoms with Gasteiger partial charge in [0.15, 0.2) is 0 Å². The minimum Gasteiger partial charge on any atom is -0.155 e. The summed E-state index contributed by atoms with van der Waals surface area (Å²) >= 11 is 0. The Morgan fingerprint density at radius 3 is 0.893 bits per heavy atom. The first-order chi connectivity index (χ1) is 13.1. The van der Waals surface area contributed by atoms with E-state index in [1.807, 2.05) is 13.8 Å². The zero-order chi connectivity index (χ0) is 20.9. The largest absolute Gasteiger partial charge is 0.155 e. The van der Waals surface area contributed by atoms with Gasteiger partial charge in [-0.3, -0.25) is 0 Å². The van der Waals surface area contributed by atoms with Gasteiger partial charge in [-0.15, -0.1) is 10.2 Å². The van der Waals surface area contributed by atoms with Crippen LogP contribution in [0.25, 0.3) is 22.5 Å². The fraction of sp³-hybridized carbons (Fsp3) is 0.417. The van der Waals surface area contributed by atoms with Crippen LogP contribution in [0.3, 0.4) is 0 Å². The zero-order valence-electron chi connectivity index (χ0n) is 18.8. The average molecular weight is 375 g/mol. The summed E-state index contributed by atoms with van der Waals surface area (Å²) in [6.07, 6.45) is 0. The van der Waals surface area contributed by atoms with Crippen molar-refractivity contribution in [3.63, 3.8) is 0 Å². The Morgan fingerprint density at radius 1 is 0.321 bits per heavy atom. The molecule has 0 aliphatic heterocycles. The number of nitrogens with zero attached hydrogens (tertiary/aromatic N) is 4. The Balaban J connectivity index is 2.37. The molecule has 3 aromatic rings. The zero-order valence-corrected chi connectivity index (χ0v) is 18.8. The molecule has 0 aliphatic carbocycles. The SMILES string of the molecule is Cc1nnc(-c2c(C)c(C)c(-c3nnc(C)c(C)c3C)c(C)c2C)c(C)c1C. The van der Waals surface area contributed by atoms with Crippen molar-refractivity contribution in [2.75, 3.05) is 0 Å². The molecule has 0 N–H and O–H groups in total. The average Bonchev–Trinajstić information content (AvgIpc) is 2.66. The Bertz CT molecular complexity index is 993. The second-order valence-corrected chi connectivity index (χ2v) is 8.02. The Morgan fingerprint density at radius 2 is 0.607 bits per heavy atom. The molecule has 0 aliphatic rings. The molecule has 0 saturated heterocycles. The van der Waals surface area contributed by atoms with Gasteiger partial charge < -0.3 is 0 Å². The lowest BCUT2D eigenvalue weighted by molar-refractivity contribution is 0.943. The minimum atomic E-state index is 0.985. The van der Waals surface area contributed by atoms with Gasteiger partial charge in [0.05, 0.1) is 22.8 Å². The molecular weight excluding hydrogens is 344 g/mol. The molecule has 2 heterocycles. The molecule has 4 heteroatoms. The molecule has 0 unspecified atom stereocenters. The van der Waals surface area contributed by atoms with E-state index in [-0.39, 0.29) is 0 Å². The highest BCUT2D eigenvalue weighted by Crippen LogP contribution is 2.40. The lowest BCUT2D eigenvalue weighted by Crippen LogP contribution is -2.07. The van der Waals surface area contributed by atoms with E-state index in [4.69, 9.17) is 0 Å². The molecule has 4 nitrogen and oxygen atoms in total. The van der Waals surface area contributed by atoms with Crippen LogP contribution in [0.4, 0.5) is 0 Å². The molecule has 0 fully saturated rings. The van der Waals surface area contributed by atoms with E-state index in [1.54, 1.807) is 0 Å². The molecule has 146 valence electrons. The van der Waals surface area contributed by atoms with Crippen molar-refractivity contribution in [2.45, 2.75) is 69.2 Å². The van der Waals surface area contributed by atoms with Gasteiger partial charge in [-0.05, 0) is 114 Å². The number of aryl methyl sites for hydroxylation is 2. The molecule has 2 aromatic heterocycles. The van der Waals surface area contributed by atoms with Gasteiger partial charge in [0.2, 0.25) is 0 Å². The first kappa shape index (κ1) is 20.1. The summed E-state index contributed by atoms with van der Waals surface area (Å²) in [5.74, 6) is 0. The van der Waals surface area contributed by atoms with Crippen LogP contribution in [0.2, 0.25) is 0 Å². The Kier molecular flexibility index (Phi) is 5.09. The van der Waals surface area contributed by atoms with Crippen molar-refractivity contribution in [2.24, 2.45) is 0 Å². The van der Waals surface area contributed by atoms with E-state index >= 15 is 0 Å².